The van der Waals surface area contributed by atoms with Crippen molar-refractivity contribution in [1.29, 1.82) is 0 Å². The van der Waals surface area contributed by atoms with Gasteiger partial charge in [-0.25, -0.2) is 0 Å². The fourth-order valence-electron chi connectivity index (χ4n) is 6.55. The van der Waals surface area contributed by atoms with Crippen molar-refractivity contribution in [3.63, 3.8) is 0 Å². The van der Waals surface area contributed by atoms with E-state index < -0.39 is 16.6 Å². The molecular weight excluding hydrogens is 304 g/mol. The van der Waals surface area contributed by atoms with Crippen molar-refractivity contribution >= 4 is 11.8 Å². The first-order valence-corrected chi connectivity index (χ1v) is 8.78. The zero-order valence-electron chi connectivity index (χ0n) is 14.3. The summed E-state index contributed by atoms with van der Waals surface area (Å²) in [5.41, 5.74) is 0.104. The predicted octanol–water partition coefficient (Wildman–Crippen LogP) is 2.89. The van der Waals surface area contributed by atoms with E-state index in [4.69, 9.17) is 9.47 Å². The molecule has 0 radical (unpaired) electrons. The summed E-state index contributed by atoms with van der Waals surface area (Å²) in [4.78, 5) is 26.5. The lowest BCUT2D eigenvalue weighted by atomic mass is 9.60. The van der Waals surface area contributed by atoms with Crippen LogP contribution in [0.2, 0.25) is 0 Å². The van der Waals surface area contributed by atoms with Crippen LogP contribution in [0.4, 0.5) is 0 Å². The van der Waals surface area contributed by atoms with Crippen molar-refractivity contribution in [2.75, 3.05) is 0 Å². The van der Waals surface area contributed by atoms with Gasteiger partial charge in [-0.05, 0) is 51.3 Å². The first-order valence-electron chi connectivity index (χ1n) is 8.78. The van der Waals surface area contributed by atoms with E-state index in [0.717, 1.165) is 24.0 Å². The van der Waals surface area contributed by atoms with Crippen LogP contribution in [-0.2, 0) is 19.1 Å². The lowest BCUT2D eigenvalue weighted by Gasteiger charge is -2.43. The third-order valence-electron chi connectivity index (χ3n) is 7.06. The van der Waals surface area contributed by atoms with Crippen LogP contribution in [0.3, 0.4) is 0 Å². The molecule has 0 aromatic heterocycles. The number of rotatable bonds is 1. The topological polar surface area (TPSA) is 52.6 Å². The van der Waals surface area contributed by atoms with Gasteiger partial charge in [0.15, 0.2) is 11.4 Å². The van der Waals surface area contributed by atoms with E-state index in [2.05, 4.69) is 12.7 Å². The third kappa shape index (κ3) is 1.21. The average Bonchev–Trinajstić information content (AvgIpc) is 3.01. The molecule has 3 aliphatic heterocycles. The van der Waals surface area contributed by atoms with Crippen LogP contribution >= 0.6 is 0 Å². The standard InChI is InChI=1S/C20H22O4/c1-10(2)13-5-6-19-15-14(23-17(19)22)7-11(3)8-18(15)9-12(4)16(21)20(13,19)24-18/h8-9,13-15H,1,5-7H2,2-4H3/t13?,14-,15-,18+,19+,20-/m0/s1. The molecule has 4 heteroatoms. The zero-order chi connectivity index (χ0) is 17.1. The molecule has 1 unspecified atom stereocenters. The largest absolute Gasteiger partial charge is 0.461 e. The summed E-state index contributed by atoms with van der Waals surface area (Å²) >= 11 is 0. The van der Waals surface area contributed by atoms with Crippen molar-refractivity contribution in [2.24, 2.45) is 17.3 Å². The highest BCUT2D eigenvalue weighted by Crippen LogP contribution is 2.74. The Kier molecular flexibility index (Phi) is 2.40. The molecule has 5 aliphatic rings. The Morgan fingerprint density at radius 1 is 1.29 bits per heavy atom. The number of ketones is 1. The maximum atomic E-state index is 13.4. The van der Waals surface area contributed by atoms with E-state index >= 15 is 0 Å². The van der Waals surface area contributed by atoms with Gasteiger partial charge < -0.3 is 9.47 Å². The number of carbonyl (C=O) groups excluding carboxylic acids is 2. The van der Waals surface area contributed by atoms with Crippen LogP contribution in [0.15, 0.2) is 35.5 Å². The number of carbonyl (C=O) groups is 2. The first-order chi connectivity index (χ1) is 11.3. The molecule has 3 fully saturated rings. The molecule has 0 N–H and O–H groups in total. The Morgan fingerprint density at radius 3 is 2.75 bits per heavy atom. The number of hydrogen-bond donors (Lipinski definition) is 0. The summed E-state index contributed by atoms with van der Waals surface area (Å²) in [5.74, 6) is -0.512. The molecule has 2 bridgehead atoms. The highest BCUT2D eigenvalue weighted by atomic mass is 16.6. The Hall–Kier alpha value is -1.68. The van der Waals surface area contributed by atoms with E-state index in [1.165, 1.54) is 0 Å². The molecule has 24 heavy (non-hydrogen) atoms. The van der Waals surface area contributed by atoms with Crippen molar-refractivity contribution in [3.05, 3.63) is 35.5 Å². The summed E-state index contributed by atoms with van der Waals surface area (Å²) < 4.78 is 12.5. The van der Waals surface area contributed by atoms with Crippen molar-refractivity contribution in [3.8, 4) is 0 Å². The predicted molar refractivity (Wildman–Crippen MR) is 87.0 cm³/mol. The Bertz CT molecular complexity index is 789. The van der Waals surface area contributed by atoms with Gasteiger partial charge in [0.2, 0.25) is 0 Å². The average molecular weight is 326 g/mol. The number of esters is 1. The fraction of sp³-hybridized carbons (Fsp3) is 0.600. The minimum absolute atomic E-state index is 0.0447. The van der Waals surface area contributed by atoms with Crippen LogP contribution in [0, 0.1) is 17.3 Å². The Morgan fingerprint density at radius 2 is 2.04 bits per heavy atom. The molecule has 4 nitrogen and oxygen atoms in total. The van der Waals surface area contributed by atoms with Gasteiger partial charge in [0.05, 0.1) is 5.92 Å². The minimum atomic E-state index is -1.13. The number of hydrogen-bond acceptors (Lipinski definition) is 4. The van der Waals surface area contributed by atoms with Crippen LogP contribution < -0.4 is 0 Å². The van der Waals surface area contributed by atoms with E-state index in [0.29, 0.717) is 12.0 Å². The fourth-order valence-corrected chi connectivity index (χ4v) is 6.55. The molecule has 3 spiro atoms. The van der Waals surface area contributed by atoms with Gasteiger partial charge in [-0.15, -0.1) is 0 Å². The van der Waals surface area contributed by atoms with Gasteiger partial charge in [-0.1, -0.05) is 17.7 Å². The monoisotopic (exact) mass is 326 g/mol. The zero-order valence-corrected chi connectivity index (χ0v) is 14.3. The number of ether oxygens (including phenoxy) is 2. The molecule has 2 saturated heterocycles. The van der Waals surface area contributed by atoms with E-state index in [1.54, 1.807) is 0 Å². The number of Topliss-reactive ketones (excluding diaryl/α,β-unsaturated/α-hetero) is 1. The van der Waals surface area contributed by atoms with Crippen LogP contribution in [0.25, 0.3) is 0 Å². The maximum absolute atomic E-state index is 13.4. The van der Waals surface area contributed by atoms with Gasteiger partial charge in [0.1, 0.15) is 17.1 Å². The minimum Gasteiger partial charge on any atom is -0.461 e. The van der Waals surface area contributed by atoms with Gasteiger partial charge in [0, 0.05) is 12.3 Å². The molecular formula is C20H22O4. The van der Waals surface area contributed by atoms with Crippen molar-refractivity contribution < 1.29 is 19.1 Å². The highest BCUT2D eigenvalue weighted by Gasteiger charge is 2.86. The van der Waals surface area contributed by atoms with Crippen molar-refractivity contribution in [2.45, 2.75) is 57.3 Å². The molecule has 0 amide bonds. The maximum Gasteiger partial charge on any atom is 0.316 e. The molecule has 126 valence electrons. The Balaban J connectivity index is 1.88. The molecule has 0 aromatic rings. The van der Waals surface area contributed by atoms with Gasteiger partial charge >= 0.3 is 5.97 Å². The SMILES string of the molecule is C=C(C)C1CC[C@@]23C(=O)O[C@H]4CC(C)=C[C@@]5(C=C(C)C(=O)[C@@]12O5)[C@H]43. The van der Waals surface area contributed by atoms with Crippen LogP contribution in [0.5, 0.6) is 0 Å². The first kappa shape index (κ1) is 14.6. The highest BCUT2D eigenvalue weighted by molar-refractivity contribution is 6.09. The summed E-state index contributed by atoms with van der Waals surface area (Å²) in [6.07, 6.45) is 6.01. The van der Waals surface area contributed by atoms with Gasteiger partial charge in [-0.2, -0.15) is 0 Å². The lowest BCUT2D eigenvalue weighted by Crippen LogP contribution is -2.57. The van der Waals surface area contributed by atoms with E-state index in [-0.39, 0.29) is 29.7 Å². The van der Waals surface area contributed by atoms with Gasteiger partial charge in [0.25, 0.3) is 0 Å². The summed E-state index contributed by atoms with van der Waals surface area (Å²) in [6.45, 7) is 9.96. The second kappa shape index (κ2) is 3.93. The molecule has 0 aromatic carbocycles. The van der Waals surface area contributed by atoms with Crippen LogP contribution in [0.1, 0.15) is 40.0 Å². The van der Waals surface area contributed by atoms with E-state index in [1.807, 2.05) is 26.8 Å². The smallest absolute Gasteiger partial charge is 0.316 e. The van der Waals surface area contributed by atoms with Gasteiger partial charge in [-0.3, -0.25) is 9.59 Å². The normalized spacial score (nSPS) is 50.9. The quantitative estimate of drug-likeness (QED) is 0.549. The lowest BCUT2D eigenvalue weighted by molar-refractivity contribution is -0.177. The summed E-state index contributed by atoms with van der Waals surface area (Å²) in [6, 6.07) is 0. The summed E-state index contributed by atoms with van der Waals surface area (Å²) in [7, 11) is 0. The molecule has 3 heterocycles. The van der Waals surface area contributed by atoms with Crippen LogP contribution in [-0.4, -0.2) is 29.1 Å². The molecule has 5 rings (SSSR count). The van der Waals surface area contributed by atoms with E-state index in [9.17, 15) is 9.59 Å². The molecule has 1 saturated carbocycles. The summed E-state index contributed by atoms with van der Waals surface area (Å²) in [5, 5.41) is 0. The second-order valence-electron chi connectivity index (χ2n) is 8.37. The molecule has 6 atom stereocenters. The van der Waals surface area contributed by atoms with Crippen molar-refractivity contribution in [1.82, 2.24) is 0 Å². The second-order valence-corrected chi connectivity index (χ2v) is 8.37. The Labute approximate surface area is 141 Å². The molecule has 2 aliphatic carbocycles. The third-order valence-corrected chi connectivity index (χ3v) is 7.06.